The van der Waals surface area contributed by atoms with Gasteiger partial charge in [-0.15, -0.1) is 0 Å². The Bertz CT molecular complexity index is 1380. The Morgan fingerprint density at radius 1 is 1.17 bits per heavy atom. The van der Waals surface area contributed by atoms with Crippen molar-refractivity contribution in [2.24, 2.45) is 5.73 Å². The van der Waals surface area contributed by atoms with Crippen LogP contribution in [0.1, 0.15) is 24.8 Å². The molecule has 2 aromatic rings. The van der Waals surface area contributed by atoms with Crippen LogP contribution in [0.3, 0.4) is 0 Å². The van der Waals surface area contributed by atoms with E-state index >= 15 is 4.39 Å². The SMILES string of the molecule is COC(=O)C1=C(N)N(c2c(F)cc(F)cc2Br)C2=C(C(=O)CCC2)C12C(=O)N(C)c1ccccc12. The van der Waals surface area contributed by atoms with Crippen molar-refractivity contribution < 1.29 is 27.9 Å². The number of nitrogens with two attached hydrogens (primary N) is 1. The van der Waals surface area contributed by atoms with Gasteiger partial charge in [-0.3, -0.25) is 14.5 Å². The number of fused-ring (bicyclic) bond motifs is 3. The molecule has 1 unspecified atom stereocenters. The van der Waals surface area contributed by atoms with E-state index in [9.17, 15) is 18.8 Å². The Balaban J connectivity index is 1.95. The molecule has 0 fully saturated rings. The van der Waals surface area contributed by atoms with Crippen molar-refractivity contribution in [2.75, 3.05) is 24.0 Å². The Kier molecular flexibility index (Phi) is 5.32. The number of benzene rings is 2. The van der Waals surface area contributed by atoms with Crippen molar-refractivity contribution in [3.05, 3.63) is 80.7 Å². The molecule has 1 amide bonds. The molecule has 1 spiro atoms. The van der Waals surface area contributed by atoms with E-state index < -0.39 is 28.9 Å². The summed E-state index contributed by atoms with van der Waals surface area (Å²) in [6.07, 6.45) is 0.840. The number of hydrogen-bond donors (Lipinski definition) is 1. The van der Waals surface area contributed by atoms with E-state index in [1.165, 1.54) is 9.80 Å². The van der Waals surface area contributed by atoms with Gasteiger partial charge in [-0.05, 0) is 40.9 Å². The molecule has 1 aliphatic carbocycles. The molecular formula is C25H20BrF2N3O4. The molecule has 2 aromatic carbocycles. The minimum Gasteiger partial charge on any atom is -0.466 e. The largest absolute Gasteiger partial charge is 0.466 e. The standard InChI is InChI=1S/C25H20BrF2N3O4/c1-30-16-7-4-3-6-13(16)25(24(30)34)19-17(8-5-9-18(19)32)31(22(29)20(25)23(33)35-2)21-14(26)10-12(27)11-15(21)28/h3-4,6-7,10-11H,5,8-9,29H2,1-2H3. The van der Waals surface area contributed by atoms with Crippen LogP contribution in [0.25, 0.3) is 0 Å². The number of hydrogen-bond acceptors (Lipinski definition) is 6. The number of ether oxygens (including phenoxy) is 1. The molecule has 2 aliphatic heterocycles. The quantitative estimate of drug-likeness (QED) is 0.579. The van der Waals surface area contributed by atoms with Crippen molar-refractivity contribution in [2.45, 2.75) is 24.7 Å². The van der Waals surface area contributed by atoms with E-state index in [1.807, 2.05) is 0 Å². The number of carbonyl (C=O) groups is 3. The lowest BCUT2D eigenvalue weighted by Crippen LogP contribution is -2.54. The summed E-state index contributed by atoms with van der Waals surface area (Å²) in [4.78, 5) is 43.5. The molecular weight excluding hydrogens is 524 g/mol. The fourth-order valence-corrected chi connectivity index (χ4v) is 6.04. The Labute approximate surface area is 207 Å². The summed E-state index contributed by atoms with van der Waals surface area (Å²) < 4.78 is 34.2. The van der Waals surface area contributed by atoms with Gasteiger partial charge in [0.15, 0.2) is 11.6 Å². The Morgan fingerprint density at radius 2 is 1.89 bits per heavy atom. The fraction of sp³-hybridized carbons (Fsp3) is 0.240. The van der Waals surface area contributed by atoms with Crippen LogP contribution in [0.15, 0.2) is 63.5 Å². The molecule has 3 aliphatic rings. The number of likely N-dealkylation sites (N-methyl/N-ethyl adjacent to an activating group) is 1. The zero-order chi connectivity index (χ0) is 25.2. The third kappa shape index (κ3) is 2.95. The second kappa shape index (κ2) is 8.01. The molecule has 0 aromatic heterocycles. The summed E-state index contributed by atoms with van der Waals surface area (Å²) in [6, 6.07) is 8.57. The zero-order valence-corrected chi connectivity index (χ0v) is 20.4. The van der Waals surface area contributed by atoms with Crippen LogP contribution in [0, 0.1) is 11.6 Å². The smallest absolute Gasteiger partial charge is 0.339 e. The number of methoxy groups -OCH3 is 1. The number of nitrogens with zero attached hydrogens (tertiary/aromatic N) is 2. The lowest BCUT2D eigenvalue weighted by atomic mass is 9.63. The van der Waals surface area contributed by atoms with Crippen LogP contribution in [0.5, 0.6) is 0 Å². The normalized spacial score (nSPS) is 21.6. The van der Waals surface area contributed by atoms with E-state index in [-0.39, 0.29) is 51.4 Å². The highest BCUT2D eigenvalue weighted by Gasteiger charge is 2.63. The number of ketones is 1. The van der Waals surface area contributed by atoms with Gasteiger partial charge in [0.2, 0.25) is 5.91 Å². The van der Waals surface area contributed by atoms with Crippen molar-refractivity contribution in [1.29, 1.82) is 0 Å². The molecule has 0 radical (unpaired) electrons. The highest BCUT2D eigenvalue weighted by molar-refractivity contribution is 9.10. The number of amides is 1. The number of Topliss-reactive ketones (excluding diaryl/α,β-unsaturated/α-hetero) is 1. The first-order valence-electron chi connectivity index (χ1n) is 10.8. The fourth-order valence-electron chi connectivity index (χ4n) is 5.46. The lowest BCUT2D eigenvalue weighted by molar-refractivity contribution is -0.138. The predicted molar refractivity (Wildman–Crippen MR) is 127 cm³/mol. The van der Waals surface area contributed by atoms with Gasteiger partial charge in [-0.2, -0.15) is 0 Å². The molecule has 180 valence electrons. The lowest BCUT2D eigenvalue weighted by Gasteiger charge is -2.44. The van der Waals surface area contributed by atoms with Crippen LogP contribution in [-0.2, 0) is 24.5 Å². The van der Waals surface area contributed by atoms with Crippen LogP contribution in [0.4, 0.5) is 20.2 Å². The molecule has 0 saturated carbocycles. The number of anilines is 2. The molecule has 2 N–H and O–H groups in total. The molecule has 35 heavy (non-hydrogen) atoms. The minimum atomic E-state index is -1.85. The monoisotopic (exact) mass is 543 g/mol. The van der Waals surface area contributed by atoms with Gasteiger partial charge in [0, 0.05) is 46.5 Å². The van der Waals surface area contributed by atoms with E-state index in [0.29, 0.717) is 23.7 Å². The molecule has 5 rings (SSSR count). The summed E-state index contributed by atoms with van der Waals surface area (Å²) in [7, 11) is 2.69. The predicted octanol–water partition coefficient (Wildman–Crippen LogP) is 3.81. The molecule has 1 atom stereocenters. The number of carbonyl (C=O) groups excluding carboxylic acids is 3. The van der Waals surface area contributed by atoms with Crippen LogP contribution < -0.4 is 15.5 Å². The molecule has 7 nitrogen and oxygen atoms in total. The van der Waals surface area contributed by atoms with E-state index in [0.717, 1.165) is 13.2 Å². The highest BCUT2D eigenvalue weighted by Crippen LogP contribution is 2.57. The third-order valence-corrected chi connectivity index (χ3v) is 7.40. The van der Waals surface area contributed by atoms with Crippen molar-refractivity contribution in [3.8, 4) is 0 Å². The van der Waals surface area contributed by atoms with Crippen LogP contribution >= 0.6 is 15.9 Å². The van der Waals surface area contributed by atoms with Crippen molar-refractivity contribution in [3.63, 3.8) is 0 Å². The van der Waals surface area contributed by atoms with Gasteiger partial charge in [-0.1, -0.05) is 18.2 Å². The summed E-state index contributed by atoms with van der Waals surface area (Å²) in [5, 5.41) is 0. The molecule has 10 heteroatoms. The van der Waals surface area contributed by atoms with Gasteiger partial charge in [0.05, 0.1) is 12.8 Å². The first kappa shape index (κ1) is 23.2. The second-order valence-corrected chi connectivity index (χ2v) is 9.39. The maximum Gasteiger partial charge on any atom is 0.339 e. The first-order chi connectivity index (χ1) is 16.7. The number of esters is 1. The van der Waals surface area contributed by atoms with Gasteiger partial charge in [0.1, 0.15) is 22.6 Å². The highest BCUT2D eigenvalue weighted by atomic mass is 79.9. The first-order valence-corrected chi connectivity index (χ1v) is 11.6. The van der Waals surface area contributed by atoms with Gasteiger partial charge < -0.3 is 15.4 Å². The second-order valence-electron chi connectivity index (χ2n) is 8.54. The Morgan fingerprint density at radius 3 is 2.57 bits per heavy atom. The third-order valence-electron chi connectivity index (χ3n) is 6.79. The summed E-state index contributed by atoms with van der Waals surface area (Å²) in [5.74, 6) is -3.88. The summed E-state index contributed by atoms with van der Waals surface area (Å²) >= 11 is 3.19. The number of halogens is 3. The van der Waals surface area contributed by atoms with E-state index in [2.05, 4.69) is 15.9 Å². The molecule has 2 heterocycles. The van der Waals surface area contributed by atoms with E-state index in [4.69, 9.17) is 10.5 Å². The maximum atomic E-state index is 15.2. The van der Waals surface area contributed by atoms with Gasteiger partial charge in [-0.25, -0.2) is 13.6 Å². The number of rotatable bonds is 2. The maximum absolute atomic E-state index is 15.2. The molecule has 0 saturated heterocycles. The van der Waals surface area contributed by atoms with Gasteiger partial charge in [0.25, 0.3) is 0 Å². The van der Waals surface area contributed by atoms with Crippen LogP contribution in [0.2, 0.25) is 0 Å². The van der Waals surface area contributed by atoms with Crippen molar-refractivity contribution >= 4 is 45.0 Å². The molecule has 0 bridgehead atoms. The average Bonchev–Trinajstić information content (AvgIpc) is 3.03. The van der Waals surface area contributed by atoms with E-state index in [1.54, 1.807) is 31.3 Å². The number of para-hydroxylation sites is 1. The number of allylic oxidation sites excluding steroid dienone is 1. The van der Waals surface area contributed by atoms with Crippen LogP contribution in [-0.4, -0.2) is 31.8 Å². The topological polar surface area (TPSA) is 92.9 Å². The van der Waals surface area contributed by atoms with Gasteiger partial charge >= 0.3 is 5.97 Å². The minimum absolute atomic E-state index is 0.0262. The Hall–Kier alpha value is -3.53. The average molecular weight is 544 g/mol. The summed E-state index contributed by atoms with van der Waals surface area (Å²) in [6.45, 7) is 0. The summed E-state index contributed by atoms with van der Waals surface area (Å²) in [5.41, 5.74) is 5.54. The van der Waals surface area contributed by atoms with Crippen molar-refractivity contribution in [1.82, 2.24) is 0 Å². The zero-order valence-electron chi connectivity index (χ0n) is 18.8.